The predicted octanol–water partition coefficient (Wildman–Crippen LogP) is 2.05. The van der Waals surface area contributed by atoms with E-state index in [0.29, 0.717) is 5.92 Å². The van der Waals surface area contributed by atoms with Crippen molar-refractivity contribution in [2.24, 2.45) is 11.8 Å². The molecule has 0 fully saturated rings. The average molecular weight is 110 g/mol. The van der Waals surface area contributed by atoms with Crippen LogP contribution >= 0.6 is 0 Å². The summed E-state index contributed by atoms with van der Waals surface area (Å²) < 4.78 is 12.4. The molecule has 0 aromatic rings. The fraction of sp³-hybridized carbons (Fsp3) is 0.429. The lowest BCUT2D eigenvalue weighted by Crippen LogP contribution is -1.84. The number of rotatable bonds is 0. The summed E-state index contributed by atoms with van der Waals surface area (Å²) in [6.07, 6.45) is 6.74. The molecular formula is C7H7F. The maximum Gasteiger partial charge on any atom is 0.103 e. The van der Waals surface area contributed by atoms with Crippen LogP contribution in [0.5, 0.6) is 0 Å². The Hall–Kier alpha value is -0.590. The Labute approximate surface area is 47.7 Å². The first-order valence-corrected chi connectivity index (χ1v) is 2.92. The lowest BCUT2D eigenvalue weighted by atomic mass is 10.1. The molecule has 1 heteroatoms. The Kier molecular flexibility index (Phi) is 0.655. The van der Waals surface area contributed by atoms with Crippen molar-refractivity contribution in [3.05, 3.63) is 24.1 Å². The SMILES string of the molecule is FC1=CC2C=CC1C2. The molecule has 0 nitrogen and oxygen atoms in total. The van der Waals surface area contributed by atoms with E-state index in [1.165, 1.54) is 0 Å². The summed E-state index contributed by atoms with van der Waals surface area (Å²) >= 11 is 0. The van der Waals surface area contributed by atoms with E-state index in [1.54, 1.807) is 6.08 Å². The van der Waals surface area contributed by atoms with Gasteiger partial charge >= 0.3 is 0 Å². The molecule has 0 radical (unpaired) electrons. The minimum absolute atomic E-state index is 0.0810. The van der Waals surface area contributed by atoms with Gasteiger partial charge in [0.25, 0.3) is 0 Å². The molecule has 2 atom stereocenters. The molecule has 0 saturated heterocycles. The maximum atomic E-state index is 12.4. The predicted molar refractivity (Wildman–Crippen MR) is 29.9 cm³/mol. The van der Waals surface area contributed by atoms with Gasteiger partial charge in [0.1, 0.15) is 5.83 Å². The first-order valence-electron chi connectivity index (χ1n) is 2.92. The molecule has 0 aromatic heterocycles. The molecule has 2 bridgehead atoms. The number of hydrogen-bond donors (Lipinski definition) is 0. The van der Waals surface area contributed by atoms with Gasteiger partial charge in [-0.15, -0.1) is 0 Å². The summed E-state index contributed by atoms with van der Waals surface area (Å²) in [4.78, 5) is 0. The maximum absolute atomic E-state index is 12.4. The molecule has 0 N–H and O–H groups in total. The van der Waals surface area contributed by atoms with Gasteiger partial charge in [-0.3, -0.25) is 0 Å². The molecule has 0 heterocycles. The minimum Gasteiger partial charge on any atom is -0.212 e. The van der Waals surface area contributed by atoms with Crippen LogP contribution in [0.15, 0.2) is 24.1 Å². The first kappa shape index (κ1) is 4.30. The van der Waals surface area contributed by atoms with Gasteiger partial charge in [-0.1, -0.05) is 12.2 Å². The van der Waals surface area contributed by atoms with Crippen molar-refractivity contribution in [3.8, 4) is 0 Å². The monoisotopic (exact) mass is 110 g/mol. The number of allylic oxidation sites excluding steroid dienone is 4. The summed E-state index contributed by atoms with van der Waals surface area (Å²) in [5.74, 6) is 0.664. The summed E-state index contributed by atoms with van der Waals surface area (Å²) in [6, 6.07) is 0. The normalized spacial score (nSPS) is 40.9. The molecule has 0 aromatic carbocycles. The van der Waals surface area contributed by atoms with Crippen molar-refractivity contribution < 1.29 is 4.39 Å². The number of halogens is 1. The second kappa shape index (κ2) is 1.22. The van der Waals surface area contributed by atoms with Crippen LogP contribution < -0.4 is 0 Å². The van der Waals surface area contributed by atoms with E-state index < -0.39 is 0 Å². The second-order valence-electron chi connectivity index (χ2n) is 2.44. The van der Waals surface area contributed by atoms with Crippen LogP contribution in [0.1, 0.15) is 6.42 Å². The van der Waals surface area contributed by atoms with Crippen molar-refractivity contribution >= 4 is 0 Å². The average Bonchev–Trinajstić information content (AvgIpc) is 2.23. The van der Waals surface area contributed by atoms with Gasteiger partial charge in [-0.05, 0) is 18.4 Å². The standard InChI is InChI=1S/C7H7F/c8-7-4-5-1-2-6(7)3-5/h1-2,4-6H,3H2. The van der Waals surface area contributed by atoms with Gasteiger partial charge < -0.3 is 0 Å². The Morgan fingerprint density at radius 2 is 2.38 bits per heavy atom. The van der Waals surface area contributed by atoms with Gasteiger partial charge in [0.2, 0.25) is 0 Å². The Morgan fingerprint density at radius 1 is 1.50 bits per heavy atom. The number of hydrogen-bond acceptors (Lipinski definition) is 0. The van der Waals surface area contributed by atoms with Gasteiger partial charge in [-0.2, -0.15) is 0 Å². The largest absolute Gasteiger partial charge is 0.212 e. The highest BCUT2D eigenvalue weighted by atomic mass is 19.1. The Morgan fingerprint density at radius 3 is 2.62 bits per heavy atom. The van der Waals surface area contributed by atoms with E-state index >= 15 is 0 Å². The quantitative estimate of drug-likeness (QED) is 0.418. The number of fused-ring (bicyclic) bond motifs is 2. The van der Waals surface area contributed by atoms with Crippen LogP contribution in [0.25, 0.3) is 0 Å². The van der Waals surface area contributed by atoms with Gasteiger partial charge in [0.05, 0.1) is 0 Å². The molecular weight excluding hydrogens is 103 g/mol. The molecule has 0 saturated carbocycles. The van der Waals surface area contributed by atoms with E-state index in [0.717, 1.165) is 6.42 Å². The summed E-state index contributed by atoms with van der Waals surface area (Å²) in [6.45, 7) is 0. The van der Waals surface area contributed by atoms with Crippen molar-refractivity contribution in [1.82, 2.24) is 0 Å². The Bertz CT molecular complexity index is 167. The zero-order chi connectivity index (χ0) is 5.56. The fourth-order valence-corrected chi connectivity index (χ4v) is 1.38. The van der Waals surface area contributed by atoms with Crippen LogP contribution in [0.2, 0.25) is 0 Å². The molecule has 2 rings (SSSR count). The minimum atomic E-state index is 0.0810. The van der Waals surface area contributed by atoms with Crippen LogP contribution in [-0.4, -0.2) is 0 Å². The van der Waals surface area contributed by atoms with Gasteiger partial charge in [-0.25, -0.2) is 4.39 Å². The topological polar surface area (TPSA) is 0 Å². The highest BCUT2D eigenvalue weighted by molar-refractivity contribution is 5.25. The van der Waals surface area contributed by atoms with E-state index in [9.17, 15) is 4.39 Å². The molecule has 0 spiro atoms. The Balaban J connectivity index is 2.36. The summed E-state index contributed by atoms with van der Waals surface area (Å²) in [7, 11) is 0. The van der Waals surface area contributed by atoms with Crippen molar-refractivity contribution in [2.45, 2.75) is 6.42 Å². The van der Waals surface area contributed by atoms with Crippen LogP contribution in [-0.2, 0) is 0 Å². The zero-order valence-electron chi connectivity index (χ0n) is 4.47. The third-order valence-electron chi connectivity index (χ3n) is 1.84. The zero-order valence-corrected chi connectivity index (χ0v) is 4.47. The van der Waals surface area contributed by atoms with Crippen molar-refractivity contribution in [1.29, 1.82) is 0 Å². The van der Waals surface area contributed by atoms with Crippen LogP contribution in [0.3, 0.4) is 0 Å². The molecule has 0 amide bonds. The van der Waals surface area contributed by atoms with E-state index in [2.05, 4.69) is 6.08 Å². The molecule has 2 aliphatic carbocycles. The van der Waals surface area contributed by atoms with Gasteiger partial charge in [0, 0.05) is 5.92 Å². The smallest absolute Gasteiger partial charge is 0.103 e. The lowest BCUT2D eigenvalue weighted by Gasteiger charge is -1.95. The van der Waals surface area contributed by atoms with E-state index in [-0.39, 0.29) is 11.7 Å². The molecule has 2 aliphatic rings. The lowest BCUT2D eigenvalue weighted by molar-refractivity contribution is 0.542. The molecule has 8 heavy (non-hydrogen) atoms. The first-order chi connectivity index (χ1) is 3.86. The van der Waals surface area contributed by atoms with Crippen molar-refractivity contribution in [3.63, 3.8) is 0 Å². The molecule has 0 aliphatic heterocycles. The third-order valence-corrected chi connectivity index (χ3v) is 1.84. The van der Waals surface area contributed by atoms with Gasteiger partial charge in [0.15, 0.2) is 0 Å². The van der Waals surface area contributed by atoms with E-state index in [1.807, 2.05) is 6.08 Å². The molecule has 42 valence electrons. The highest BCUT2D eigenvalue weighted by Gasteiger charge is 2.27. The fourth-order valence-electron chi connectivity index (χ4n) is 1.38. The highest BCUT2D eigenvalue weighted by Crippen LogP contribution is 2.38. The third kappa shape index (κ3) is 0.391. The van der Waals surface area contributed by atoms with Crippen LogP contribution in [0.4, 0.5) is 4.39 Å². The van der Waals surface area contributed by atoms with Crippen molar-refractivity contribution in [2.75, 3.05) is 0 Å². The summed E-state index contributed by atoms with van der Waals surface area (Å²) in [5, 5.41) is 0. The van der Waals surface area contributed by atoms with Crippen LogP contribution in [0, 0.1) is 11.8 Å². The second-order valence-corrected chi connectivity index (χ2v) is 2.44. The van der Waals surface area contributed by atoms with E-state index in [4.69, 9.17) is 0 Å². The summed E-state index contributed by atoms with van der Waals surface area (Å²) in [5.41, 5.74) is 0. The molecule has 2 unspecified atom stereocenters.